The number of ketones is 4. The number of hydrogen-bond acceptors (Lipinski definition) is 4. The fourth-order valence-corrected chi connectivity index (χ4v) is 6.20. The van der Waals surface area contributed by atoms with E-state index in [1.165, 1.54) is 36.5 Å². The van der Waals surface area contributed by atoms with Gasteiger partial charge < -0.3 is 0 Å². The lowest BCUT2D eigenvalue weighted by Crippen LogP contribution is -2.48. The summed E-state index contributed by atoms with van der Waals surface area (Å²) in [6, 6.07) is 11.1. The van der Waals surface area contributed by atoms with E-state index >= 15 is 0 Å². The van der Waals surface area contributed by atoms with Crippen LogP contribution in [0.25, 0.3) is 0 Å². The molecule has 3 aliphatic rings. The van der Waals surface area contributed by atoms with Crippen molar-refractivity contribution in [2.24, 2.45) is 11.8 Å². The van der Waals surface area contributed by atoms with Gasteiger partial charge in [-0.05, 0) is 96.5 Å². The Bertz CT molecular complexity index is 1350. The highest BCUT2D eigenvalue weighted by molar-refractivity contribution is 6.31. The highest BCUT2D eigenvalue weighted by Crippen LogP contribution is 2.64. The number of allylic oxidation sites excluding steroid dienone is 8. The molecule has 0 atom stereocenters. The van der Waals surface area contributed by atoms with Crippen molar-refractivity contribution in [3.63, 3.8) is 0 Å². The maximum absolute atomic E-state index is 13.1. The molecule has 36 heavy (non-hydrogen) atoms. The van der Waals surface area contributed by atoms with Crippen LogP contribution in [0.3, 0.4) is 0 Å². The summed E-state index contributed by atoms with van der Waals surface area (Å²) in [5.74, 6) is -2.60. The van der Waals surface area contributed by atoms with E-state index in [9.17, 15) is 19.2 Å². The quantitative estimate of drug-likeness (QED) is 0.467. The topological polar surface area (TPSA) is 68.3 Å². The number of carbonyl (C=O) groups is 4. The van der Waals surface area contributed by atoms with E-state index in [1.807, 2.05) is 38.1 Å². The first-order chi connectivity index (χ1) is 17.2. The van der Waals surface area contributed by atoms with Crippen LogP contribution in [-0.4, -0.2) is 23.1 Å². The number of halogens is 2. The second-order valence-electron chi connectivity index (χ2n) is 9.41. The van der Waals surface area contributed by atoms with Gasteiger partial charge in [-0.25, -0.2) is 0 Å². The second-order valence-corrected chi connectivity index (χ2v) is 10.2. The lowest BCUT2D eigenvalue weighted by Gasteiger charge is -2.55. The van der Waals surface area contributed by atoms with Crippen LogP contribution in [0.4, 0.5) is 0 Å². The summed E-state index contributed by atoms with van der Waals surface area (Å²) in [7, 11) is 0. The van der Waals surface area contributed by atoms with E-state index in [0.717, 1.165) is 22.3 Å². The third kappa shape index (κ3) is 3.95. The predicted octanol–water partition coefficient (Wildman–Crippen LogP) is 5.99. The first-order valence-electron chi connectivity index (χ1n) is 11.6. The van der Waals surface area contributed by atoms with Crippen LogP contribution < -0.4 is 0 Å². The molecule has 1 saturated carbocycles. The lowest BCUT2D eigenvalue weighted by molar-refractivity contribution is -0.116. The molecule has 0 heterocycles. The Morgan fingerprint density at radius 2 is 0.944 bits per heavy atom. The van der Waals surface area contributed by atoms with Crippen molar-refractivity contribution in [3.8, 4) is 0 Å². The maximum atomic E-state index is 13.1. The van der Waals surface area contributed by atoms with E-state index in [1.54, 1.807) is 12.1 Å². The van der Waals surface area contributed by atoms with Crippen molar-refractivity contribution in [2.75, 3.05) is 0 Å². The molecule has 0 bridgehead atoms. The molecule has 0 aliphatic heterocycles. The molecule has 2 aromatic rings. The Balaban J connectivity index is 1.78. The molecular formula is C30H22Cl2O4. The minimum Gasteiger partial charge on any atom is -0.290 e. The molecule has 6 heteroatoms. The Kier molecular flexibility index (Phi) is 6.27. The number of hydrogen-bond donors (Lipinski definition) is 0. The van der Waals surface area contributed by atoms with E-state index in [-0.39, 0.29) is 35.0 Å². The number of carbonyl (C=O) groups excluding carboxylic acids is 4. The number of rotatable bonds is 4. The minimum absolute atomic E-state index is 0.243. The first-order valence-corrected chi connectivity index (χ1v) is 12.4. The molecule has 180 valence electrons. The zero-order valence-electron chi connectivity index (χ0n) is 19.6. The van der Waals surface area contributed by atoms with Gasteiger partial charge in [-0.3, -0.25) is 19.2 Å². The zero-order valence-corrected chi connectivity index (χ0v) is 21.1. The van der Waals surface area contributed by atoms with E-state index < -0.39 is 11.8 Å². The van der Waals surface area contributed by atoms with Crippen molar-refractivity contribution < 1.29 is 19.2 Å². The summed E-state index contributed by atoms with van der Waals surface area (Å²) < 4.78 is 0. The smallest absolute Gasteiger partial charge is 0.182 e. The van der Waals surface area contributed by atoms with Crippen LogP contribution in [0.5, 0.6) is 0 Å². The van der Waals surface area contributed by atoms with Gasteiger partial charge in [0.25, 0.3) is 0 Å². The molecular weight excluding hydrogens is 495 g/mol. The van der Waals surface area contributed by atoms with Crippen LogP contribution in [0.2, 0.25) is 10.0 Å². The Hall–Kier alpha value is -3.34. The van der Waals surface area contributed by atoms with Gasteiger partial charge >= 0.3 is 0 Å². The largest absolute Gasteiger partial charge is 0.290 e. The van der Waals surface area contributed by atoms with Gasteiger partial charge in [0, 0.05) is 33.0 Å². The molecule has 2 aromatic carbocycles. The molecule has 3 aliphatic carbocycles. The highest BCUT2D eigenvalue weighted by atomic mass is 35.5. The summed E-state index contributed by atoms with van der Waals surface area (Å²) in [4.78, 5) is 51.0. The van der Waals surface area contributed by atoms with Crippen molar-refractivity contribution in [3.05, 3.63) is 116 Å². The van der Waals surface area contributed by atoms with Gasteiger partial charge in [0.15, 0.2) is 23.1 Å². The molecule has 0 saturated heterocycles. The van der Waals surface area contributed by atoms with Crippen LogP contribution in [0.15, 0.2) is 84.0 Å². The van der Waals surface area contributed by atoms with Gasteiger partial charge in [0.1, 0.15) is 0 Å². The van der Waals surface area contributed by atoms with Crippen molar-refractivity contribution in [1.29, 1.82) is 0 Å². The number of benzene rings is 2. The summed E-state index contributed by atoms with van der Waals surface area (Å²) >= 11 is 13.0. The predicted molar refractivity (Wildman–Crippen MR) is 139 cm³/mol. The molecule has 0 radical (unpaired) electrons. The van der Waals surface area contributed by atoms with Gasteiger partial charge in [0.2, 0.25) is 0 Å². The van der Waals surface area contributed by atoms with Crippen LogP contribution in [-0.2, 0) is 19.2 Å². The van der Waals surface area contributed by atoms with Crippen molar-refractivity contribution in [2.45, 2.75) is 25.7 Å². The minimum atomic E-state index is -0.430. The average molecular weight is 517 g/mol. The summed E-state index contributed by atoms with van der Waals surface area (Å²) in [6.45, 7) is 3.79. The molecule has 0 N–H and O–H groups in total. The van der Waals surface area contributed by atoms with Crippen LogP contribution >= 0.6 is 23.2 Å². The molecule has 4 nitrogen and oxygen atoms in total. The zero-order chi connectivity index (χ0) is 25.7. The molecule has 0 amide bonds. The second kappa shape index (κ2) is 9.27. The highest BCUT2D eigenvalue weighted by Gasteiger charge is 2.57. The van der Waals surface area contributed by atoms with Crippen LogP contribution in [0, 0.1) is 25.7 Å². The molecule has 0 spiro atoms. The first kappa shape index (κ1) is 24.4. The summed E-state index contributed by atoms with van der Waals surface area (Å²) in [6.07, 6.45) is 7.91. The Labute approximate surface area is 219 Å². The lowest BCUT2D eigenvalue weighted by atomic mass is 9.47. The van der Waals surface area contributed by atoms with E-state index in [0.29, 0.717) is 21.2 Å². The standard InChI is InChI=1S/C30H22Cl2O4/c1-15-19(5-3-7-23(15)31)27-29(21-13-17(33)9-11-25(21)35)28(20-6-4-8-24(32)16(20)2)30(27)22-14-18(34)10-12-26(22)36/h3-14,27-30H,1-2H3. The fraction of sp³-hybridized carbons (Fsp3) is 0.200. The van der Waals surface area contributed by atoms with E-state index in [4.69, 9.17) is 23.2 Å². The average Bonchev–Trinajstić information content (AvgIpc) is 2.83. The van der Waals surface area contributed by atoms with Crippen molar-refractivity contribution in [1.82, 2.24) is 0 Å². The third-order valence-electron chi connectivity index (χ3n) is 7.57. The molecule has 0 aromatic heterocycles. The fourth-order valence-electron chi connectivity index (χ4n) is 5.84. The monoisotopic (exact) mass is 516 g/mol. The normalized spacial score (nSPS) is 25.6. The van der Waals surface area contributed by atoms with Crippen LogP contribution in [0.1, 0.15) is 34.1 Å². The van der Waals surface area contributed by atoms with Gasteiger partial charge in [-0.15, -0.1) is 0 Å². The Morgan fingerprint density at radius 1 is 0.556 bits per heavy atom. The SMILES string of the molecule is Cc1c(Cl)cccc1C1C(C2=CC(=O)C=CC2=O)C(c2cccc(Cl)c2C)C1C1=CC(=O)C=CC1=O. The van der Waals surface area contributed by atoms with Crippen molar-refractivity contribution >= 4 is 46.3 Å². The summed E-state index contributed by atoms with van der Waals surface area (Å²) in [5.41, 5.74) is 4.19. The van der Waals surface area contributed by atoms with Gasteiger partial charge in [0.05, 0.1) is 0 Å². The molecule has 5 rings (SSSR count). The van der Waals surface area contributed by atoms with Gasteiger partial charge in [-0.2, -0.15) is 0 Å². The van der Waals surface area contributed by atoms with Gasteiger partial charge in [-0.1, -0.05) is 47.5 Å². The maximum Gasteiger partial charge on any atom is 0.182 e. The summed E-state index contributed by atoms with van der Waals surface area (Å²) in [5, 5.41) is 1.12. The van der Waals surface area contributed by atoms with E-state index in [2.05, 4.69) is 0 Å². The Morgan fingerprint density at radius 3 is 1.33 bits per heavy atom. The molecule has 1 fully saturated rings. The molecule has 0 unspecified atom stereocenters. The third-order valence-corrected chi connectivity index (χ3v) is 8.38.